The van der Waals surface area contributed by atoms with Gasteiger partial charge in [0.25, 0.3) is 0 Å². The van der Waals surface area contributed by atoms with Gasteiger partial charge >= 0.3 is 5.97 Å². The predicted octanol–water partition coefficient (Wildman–Crippen LogP) is 17.0. The lowest BCUT2D eigenvalue weighted by Crippen LogP contribution is -2.60. The Balaban J connectivity index is 1.94. The number of hydrogen-bond acceptors (Lipinski definition) is 10. The first-order chi connectivity index (χ1) is 39.2. The maximum Gasteiger partial charge on any atom is 0.305 e. The number of hydrogen-bond donors (Lipinski definition) is 6. The zero-order chi connectivity index (χ0) is 58.0. The van der Waals surface area contributed by atoms with E-state index in [2.05, 4.69) is 43.5 Å². The molecule has 1 fully saturated rings. The lowest BCUT2D eigenvalue weighted by Gasteiger charge is -2.40. The molecule has 1 saturated heterocycles. The van der Waals surface area contributed by atoms with Crippen LogP contribution in [-0.2, 0) is 23.8 Å². The van der Waals surface area contributed by atoms with Crippen molar-refractivity contribution in [2.45, 2.75) is 371 Å². The van der Waals surface area contributed by atoms with Crippen LogP contribution in [-0.4, -0.2) is 100 Å². The first-order valence-corrected chi connectivity index (χ1v) is 34.3. The number of unbranched alkanes of at least 4 members (excludes halogenated alkanes) is 42. The molecule has 0 saturated carbocycles. The molecule has 0 aromatic carbocycles. The summed E-state index contributed by atoms with van der Waals surface area (Å²) in [6, 6.07) is -0.830. The molecule has 7 unspecified atom stereocenters. The summed E-state index contributed by atoms with van der Waals surface area (Å²) >= 11 is 0. The highest BCUT2D eigenvalue weighted by Gasteiger charge is 2.44. The van der Waals surface area contributed by atoms with Gasteiger partial charge in [-0.25, -0.2) is 0 Å². The van der Waals surface area contributed by atoms with Gasteiger partial charge in [0.15, 0.2) is 6.29 Å². The predicted molar refractivity (Wildman–Crippen MR) is 334 cm³/mol. The van der Waals surface area contributed by atoms with Gasteiger partial charge in [0.05, 0.1) is 32.0 Å². The van der Waals surface area contributed by atoms with Gasteiger partial charge in [-0.2, -0.15) is 0 Å². The van der Waals surface area contributed by atoms with Crippen LogP contribution in [0.1, 0.15) is 328 Å². The lowest BCUT2D eigenvalue weighted by molar-refractivity contribution is -0.302. The molecule has 11 nitrogen and oxygen atoms in total. The van der Waals surface area contributed by atoms with Crippen LogP contribution in [0.15, 0.2) is 36.5 Å². The Morgan fingerprint density at radius 3 is 1.26 bits per heavy atom. The highest BCUT2D eigenvalue weighted by atomic mass is 16.7. The Labute approximate surface area is 492 Å². The van der Waals surface area contributed by atoms with E-state index in [-0.39, 0.29) is 18.5 Å². The number of aliphatic hydroxyl groups is 5. The van der Waals surface area contributed by atoms with Crippen molar-refractivity contribution >= 4 is 11.9 Å². The molecule has 0 spiro atoms. The summed E-state index contributed by atoms with van der Waals surface area (Å²) in [7, 11) is 0. The zero-order valence-corrected chi connectivity index (χ0v) is 52.1. The summed E-state index contributed by atoms with van der Waals surface area (Å²) in [4.78, 5) is 25.1. The number of carbonyl (C=O) groups excluding carboxylic acids is 2. The second-order valence-electron chi connectivity index (χ2n) is 23.9. The molecule has 0 bridgehead atoms. The van der Waals surface area contributed by atoms with Gasteiger partial charge in [-0.05, 0) is 70.6 Å². The van der Waals surface area contributed by atoms with E-state index in [9.17, 15) is 35.1 Å². The van der Waals surface area contributed by atoms with E-state index in [1.54, 1.807) is 6.08 Å². The fraction of sp³-hybridized carbons (Fsp3) is 0.884. The van der Waals surface area contributed by atoms with Crippen LogP contribution in [0.25, 0.3) is 0 Å². The molecule has 1 aliphatic rings. The minimum atomic E-state index is -1.58. The van der Waals surface area contributed by atoms with E-state index in [0.29, 0.717) is 19.4 Å². The van der Waals surface area contributed by atoms with Crippen molar-refractivity contribution in [3.8, 4) is 0 Å². The molecule has 11 heteroatoms. The molecule has 470 valence electrons. The molecule has 1 aliphatic heterocycles. The molecular weight excluding hydrogens is 1000 g/mol. The average molecular weight is 1130 g/mol. The number of carbonyl (C=O) groups is 2. The van der Waals surface area contributed by atoms with Crippen LogP contribution >= 0.6 is 0 Å². The van der Waals surface area contributed by atoms with E-state index in [0.717, 1.165) is 70.6 Å². The Morgan fingerprint density at radius 2 is 0.812 bits per heavy atom. The van der Waals surface area contributed by atoms with Gasteiger partial charge in [0.1, 0.15) is 24.4 Å². The number of rotatable bonds is 60. The maximum atomic E-state index is 13.0. The van der Waals surface area contributed by atoms with Crippen LogP contribution in [0, 0.1) is 0 Å². The topological polar surface area (TPSA) is 175 Å². The Kier molecular flexibility index (Phi) is 55.6. The summed E-state index contributed by atoms with van der Waals surface area (Å²) < 4.78 is 16.7. The monoisotopic (exact) mass is 1130 g/mol. The zero-order valence-electron chi connectivity index (χ0n) is 52.1. The van der Waals surface area contributed by atoms with Crippen LogP contribution in [0.3, 0.4) is 0 Å². The standard InChI is InChI=1S/C69H129NO10/c1-3-5-7-9-11-13-14-15-16-17-24-28-31-34-37-41-45-49-53-57-65(74)78-58-54-50-46-42-38-35-32-29-26-23-21-19-18-20-22-25-27-30-33-36-40-44-48-52-56-64(73)70-61(62(72)55-51-47-43-39-12-10-8-6-4-2)60-79-69-68(77)67(76)66(75)63(59-71)80-69/h12,20,22,39,51,55,61-63,66-69,71-72,75-77H,3-11,13-19,21,23-38,40-50,52-54,56-60H2,1-2H3,(H,70,73)/b22-20-,39-12+,55-51+. The molecule has 0 aliphatic carbocycles. The van der Waals surface area contributed by atoms with Crippen molar-refractivity contribution in [3.05, 3.63) is 36.5 Å². The van der Waals surface area contributed by atoms with E-state index in [1.807, 2.05) is 6.08 Å². The Morgan fingerprint density at radius 1 is 0.450 bits per heavy atom. The fourth-order valence-electron chi connectivity index (χ4n) is 10.8. The number of ether oxygens (including phenoxy) is 3. The third-order valence-electron chi connectivity index (χ3n) is 16.2. The molecule has 0 aromatic heterocycles. The van der Waals surface area contributed by atoms with Gasteiger partial charge in [0, 0.05) is 12.8 Å². The number of allylic oxidation sites excluding steroid dienone is 5. The minimum absolute atomic E-state index is 0.00593. The molecule has 6 N–H and O–H groups in total. The first-order valence-electron chi connectivity index (χ1n) is 34.3. The number of aliphatic hydroxyl groups excluding tert-OH is 5. The van der Waals surface area contributed by atoms with Crippen LogP contribution in [0.2, 0.25) is 0 Å². The van der Waals surface area contributed by atoms with E-state index in [4.69, 9.17) is 14.2 Å². The highest BCUT2D eigenvalue weighted by molar-refractivity contribution is 5.76. The lowest BCUT2D eigenvalue weighted by atomic mass is 9.99. The maximum absolute atomic E-state index is 13.0. The van der Waals surface area contributed by atoms with Crippen molar-refractivity contribution in [2.75, 3.05) is 19.8 Å². The Hall–Kier alpha value is -2.12. The second kappa shape index (κ2) is 58.6. The molecular formula is C69H129NO10. The van der Waals surface area contributed by atoms with Crippen molar-refractivity contribution in [3.63, 3.8) is 0 Å². The van der Waals surface area contributed by atoms with Gasteiger partial charge < -0.3 is 45.1 Å². The van der Waals surface area contributed by atoms with Crippen LogP contribution in [0.5, 0.6) is 0 Å². The van der Waals surface area contributed by atoms with E-state index >= 15 is 0 Å². The molecule has 1 rings (SSSR count). The number of esters is 1. The van der Waals surface area contributed by atoms with Gasteiger partial charge in [-0.1, -0.05) is 281 Å². The molecule has 80 heavy (non-hydrogen) atoms. The molecule has 1 heterocycles. The van der Waals surface area contributed by atoms with Gasteiger partial charge in [0.2, 0.25) is 5.91 Å². The SMILES string of the molecule is CCCCC/C=C/CC/C=C/C(O)C(COC1OC(CO)C(O)C(O)C1O)NC(=O)CCCCCCCCCC/C=C\CCCCCCCCCCCCCCOC(=O)CCCCCCCCCCCCCCCCCCCCC. The summed E-state index contributed by atoms with van der Waals surface area (Å²) in [5.41, 5.74) is 0. The first kappa shape index (κ1) is 75.9. The quantitative estimate of drug-likeness (QED) is 0.0195. The van der Waals surface area contributed by atoms with Crippen LogP contribution < -0.4 is 5.32 Å². The smallest absolute Gasteiger partial charge is 0.305 e. The summed E-state index contributed by atoms with van der Waals surface area (Å²) in [5, 5.41) is 54.2. The largest absolute Gasteiger partial charge is 0.466 e. The van der Waals surface area contributed by atoms with E-state index in [1.165, 1.54) is 231 Å². The second-order valence-corrected chi connectivity index (χ2v) is 23.9. The summed E-state index contributed by atoms with van der Waals surface area (Å²) in [5.74, 6) is -0.192. The third-order valence-corrected chi connectivity index (χ3v) is 16.2. The molecule has 0 radical (unpaired) electrons. The molecule has 7 atom stereocenters. The van der Waals surface area contributed by atoms with Crippen LogP contribution in [0.4, 0.5) is 0 Å². The van der Waals surface area contributed by atoms with Crippen molar-refractivity contribution in [2.24, 2.45) is 0 Å². The van der Waals surface area contributed by atoms with Gasteiger partial charge in [-0.15, -0.1) is 0 Å². The average Bonchev–Trinajstić information content (AvgIpc) is 3.45. The summed E-state index contributed by atoms with van der Waals surface area (Å²) in [6.45, 7) is 4.30. The number of amides is 1. The van der Waals surface area contributed by atoms with Crippen molar-refractivity contribution in [1.29, 1.82) is 0 Å². The minimum Gasteiger partial charge on any atom is -0.466 e. The van der Waals surface area contributed by atoms with E-state index < -0.39 is 49.5 Å². The Bertz CT molecular complexity index is 1420. The number of nitrogens with one attached hydrogen (secondary N) is 1. The van der Waals surface area contributed by atoms with Gasteiger partial charge in [-0.3, -0.25) is 9.59 Å². The normalized spacial score (nSPS) is 18.5. The third kappa shape index (κ3) is 47.3. The summed E-state index contributed by atoms with van der Waals surface area (Å²) in [6.07, 6.45) is 64.4. The van der Waals surface area contributed by atoms with Crippen molar-refractivity contribution < 1.29 is 49.3 Å². The fourth-order valence-corrected chi connectivity index (χ4v) is 10.8. The molecule has 0 aromatic rings. The van der Waals surface area contributed by atoms with Crippen molar-refractivity contribution in [1.82, 2.24) is 5.32 Å². The highest BCUT2D eigenvalue weighted by Crippen LogP contribution is 2.23. The molecule has 1 amide bonds.